The van der Waals surface area contributed by atoms with Gasteiger partial charge in [0.1, 0.15) is 14.1 Å². The highest BCUT2D eigenvalue weighted by Crippen LogP contribution is 2.46. The van der Waals surface area contributed by atoms with Gasteiger partial charge in [-0.15, -0.1) is 0 Å². The first kappa shape index (κ1) is 39.5. The normalized spacial score (nSPS) is 13.0. The minimum absolute atomic E-state index is 0.0713. The molecule has 2 heterocycles. The Morgan fingerprint density at radius 2 is 0.431 bits per heavy atom. The molecule has 294 valence electrons. The third-order valence-corrected chi connectivity index (χ3v) is 12.6. The maximum Gasteiger partial charge on any atom is 0.220 e. The second-order valence-corrected chi connectivity index (χ2v) is 20.9. The summed E-state index contributed by atoms with van der Waals surface area (Å²) in [5, 5.41) is 7.71. The molecule has 0 bridgehead atoms. The Morgan fingerprint density at radius 1 is 0.259 bits per heavy atom. The van der Waals surface area contributed by atoms with Crippen LogP contribution >= 0.6 is 0 Å². The Balaban J connectivity index is 1.53. The second-order valence-electron chi connectivity index (χ2n) is 20.9. The van der Waals surface area contributed by atoms with Crippen LogP contribution in [0, 0.1) is 0 Å². The number of hydrogen-bond donors (Lipinski definition) is 0. The van der Waals surface area contributed by atoms with E-state index in [0.29, 0.717) is 0 Å². The summed E-state index contributed by atoms with van der Waals surface area (Å²) < 4.78 is 4.91. The lowest BCUT2D eigenvalue weighted by Crippen LogP contribution is -2.36. The minimum Gasteiger partial charge on any atom is -0.193 e. The van der Waals surface area contributed by atoms with Gasteiger partial charge in [-0.1, -0.05) is 132 Å². The lowest BCUT2D eigenvalue weighted by atomic mass is 9.83. The van der Waals surface area contributed by atoms with Gasteiger partial charge in [-0.2, -0.15) is 9.13 Å². The first-order chi connectivity index (χ1) is 27.1. The van der Waals surface area contributed by atoms with Crippen molar-refractivity contribution in [1.29, 1.82) is 0 Å². The number of aromatic nitrogens is 2. The van der Waals surface area contributed by atoms with Crippen LogP contribution in [0.5, 0.6) is 0 Å². The molecule has 2 heteroatoms. The van der Waals surface area contributed by atoms with E-state index < -0.39 is 0 Å². The van der Waals surface area contributed by atoms with Crippen molar-refractivity contribution in [2.45, 2.75) is 105 Å². The molecule has 0 aliphatic heterocycles. The van der Waals surface area contributed by atoms with Gasteiger partial charge in [-0.3, -0.25) is 0 Å². The van der Waals surface area contributed by atoms with Gasteiger partial charge in [0.05, 0.1) is 21.5 Å². The van der Waals surface area contributed by atoms with Crippen molar-refractivity contribution >= 4 is 32.3 Å². The fourth-order valence-electron chi connectivity index (χ4n) is 9.14. The lowest BCUT2D eigenvalue weighted by Gasteiger charge is -2.22. The van der Waals surface area contributed by atoms with Crippen LogP contribution in [-0.4, -0.2) is 0 Å². The zero-order chi connectivity index (χ0) is 41.7. The summed E-state index contributed by atoms with van der Waals surface area (Å²) in [6, 6.07) is 46.9. The number of pyridine rings is 2. The predicted octanol–water partition coefficient (Wildman–Crippen LogP) is 14.1. The Morgan fingerprint density at radius 3 is 0.586 bits per heavy atom. The SMILES string of the molecule is C[n+]1c(-c2ccc(C(C)(C)C)cc2)c2ccc3c(-c4ccc(C(C)(C)C)cc4)[n+](C)c(-c4ccc(C(C)(C)C)cc4)c4ccc(c1-c1ccc(C(C)(C)C)cc1)c2c34. The van der Waals surface area contributed by atoms with Crippen molar-refractivity contribution in [3.63, 3.8) is 0 Å². The summed E-state index contributed by atoms with van der Waals surface area (Å²) in [5.41, 5.74) is 15.5. The third-order valence-electron chi connectivity index (χ3n) is 12.6. The Hall–Kier alpha value is -5.34. The predicted molar refractivity (Wildman–Crippen MR) is 249 cm³/mol. The van der Waals surface area contributed by atoms with E-state index >= 15 is 0 Å². The van der Waals surface area contributed by atoms with Gasteiger partial charge < -0.3 is 0 Å². The highest BCUT2D eigenvalue weighted by Gasteiger charge is 2.32. The maximum absolute atomic E-state index is 2.46. The monoisotopic (exact) mass is 762 g/mol. The van der Waals surface area contributed by atoms with Crippen LogP contribution in [0.4, 0.5) is 0 Å². The molecule has 2 aromatic heterocycles. The summed E-state index contributed by atoms with van der Waals surface area (Å²) in [7, 11) is 4.53. The van der Waals surface area contributed by atoms with Gasteiger partial charge in [0.15, 0.2) is 0 Å². The Bertz CT molecular complexity index is 2420. The van der Waals surface area contributed by atoms with E-state index in [1.807, 2.05) is 0 Å². The maximum atomic E-state index is 2.46. The molecule has 0 N–H and O–H groups in total. The third kappa shape index (κ3) is 6.69. The lowest BCUT2D eigenvalue weighted by molar-refractivity contribution is -0.647. The highest BCUT2D eigenvalue weighted by atomic mass is 15.0. The van der Waals surface area contributed by atoms with E-state index in [4.69, 9.17) is 0 Å². The Kier molecular flexibility index (Phi) is 9.27. The zero-order valence-corrected chi connectivity index (χ0v) is 37.4. The van der Waals surface area contributed by atoms with E-state index in [1.54, 1.807) is 0 Å². The summed E-state index contributed by atoms with van der Waals surface area (Å²) in [5.74, 6) is 0. The second kappa shape index (κ2) is 13.6. The topological polar surface area (TPSA) is 7.76 Å². The molecule has 0 saturated heterocycles. The first-order valence-corrected chi connectivity index (χ1v) is 21.1. The van der Waals surface area contributed by atoms with Gasteiger partial charge in [-0.25, -0.2) is 0 Å². The van der Waals surface area contributed by atoms with Crippen molar-refractivity contribution in [2.24, 2.45) is 14.1 Å². The van der Waals surface area contributed by atoms with E-state index in [2.05, 4.69) is 228 Å². The van der Waals surface area contributed by atoms with Crippen LogP contribution in [0.15, 0.2) is 121 Å². The van der Waals surface area contributed by atoms with Crippen LogP contribution in [0.25, 0.3) is 77.3 Å². The van der Waals surface area contributed by atoms with Gasteiger partial charge >= 0.3 is 0 Å². The van der Waals surface area contributed by atoms with Crippen molar-refractivity contribution < 1.29 is 9.13 Å². The zero-order valence-electron chi connectivity index (χ0n) is 37.4. The molecule has 8 aromatic rings. The molecule has 0 aliphatic rings. The molecule has 2 nitrogen and oxygen atoms in total. The molecule has 0 atom stereocenters. The molecule has 0 unspecified atom stereocenters. The molecule has 0 aliphatic carbocycles. The van der Waals surface area contributed by atoms with Gasteiger partial charge in [0.2, 0.25) is 22.8 Å². The van der Waals surface area contributed by atoms with E-state index in [9.17, 15) is 0 Å². The molecule has 0 radical (unpaired) electrons. The molecule has 6 aromatic carbocycles. The minimum atomic E-state index is 0.0713. The molecule has 8 rings (SSSR count). The summed E-state index contributed by atoms with van der Waals surface area (Å²) in [6.45, 7) is 27.5. The molecule has 0 amide bonds. The Labute approximate surface area is 347 Å². The van der Waals surface area contributed by atoms with Gasteiger partial charge in [0, 0.05) is 33.0 Å². The number of nitrogens with zero attached hydrogens (tertiary/aromatic N) is 2. The molecule has 58 heavy (non-hydrogen) atoms. The first-order valence-electron chi connectivity index (χ1n) is 21.1. The fraction of sp³-hybridized carbons (Fsp3) is 0.321. The van der Waals surface area contributed by atoms with Crippen LogP contribution in [-0.2, 0) is 35.8 Å². The number of hydrogen-bond acceptors (Lipinski definition) is 0. The highest BCUT2D eigenvalue weighted by molar-refractivity contribution is 6.29. The van der Waals surface area contributed by atoms with E-state index in [1.165, 1.54) is 99.6 Å². The van der Waals surface area contributed by atoms with E-state index in [0.717, 1.165) is 0 Å². The van der Waals surface area contributed by atoms with Crippen molar-refractivity contribution in [2.75, 3.05) is 0 Å². The summed E-state index contributed by atoms with van der Waals surface area (Å²) in [6.07, 6.45) is 0. The van der Waals surface area contributed by atoms with Crippen molar-refractivity contribution in [3.05, 3.63) is 144 Å². The number of rotatable bonds is 4. The average Bonchev–Trinajstić information content (AvgIpc) is 3.15. The summed E-state index contributed by atoms with van der Waals surface area (Å²) in [4.78, 5) is 0. The van der Waals surface area contributed by atoms with Gasteiger partial charge in [0.25, 0.3) is 0 Å². The smallest absolute Gasteiger partial charge is 0.193 e. The molecule has 0 fully saturated rings. The number of benzene rings is 6. The fourth-order valence-corrected chi connectivity index (χ4v) is 9.14. The molecular formula is C56H62N2+2. The standard InChI is InChI=1S/C56H62N2/c1-53(2,3)39-23-15-35(16-24-39)49-43-31-32-45-48-46(34-33-44(47(43)48)50(57(49)13)36-17-25-40(26-18-36)54(4,5)6)52(38-21-29-42(30-22-38)56(10,11)12)58(14)51(45)37-19-27-41(28-20-37)55(7,8)9/h15-34H,1-14H3/q+2. The van der Waals surface area contributed by atoms with Crippen molar-refractivity contribution in [3.8, 4) is 45.0 Å². The largest absolute Gasteiger partial charge is 0.220 e. The molecular weight excluding hydrogens is 701 g/mol. The van der Waals surface area contributed by atoms with Gasteiger partial charge in [-0.05, 0) is 117 Å². The van der Waals surface area contributed by atoms with Crippen LogP contribution < -0.4 is 9.13 Å². The molecule has 0 spiro atoms. The quantitative estimate of drug-likeness (QED) is 0.125. The summed E-state index contributed by atoms with van der Waals surface area (Å²) >= 11 is 0. The van der Waals surface area contributed by atoms with E-state index in [-0.39, 0.29) is 21.7 Å². The van der Waals surface area contributed by atoms with Crippen LogP contribution in [0.2, 0.25) is 0 Å². The van der Waals surface area contributed by atoms with Crippen molar-refractivity contribution in [1.82, 2.24) is 0 Å². The average molecular weight is 763 g/mol. The van der Waals surface area contributed by atoms with Crippen LogP contribution in [0.1, 0.15) is 105 Å². The molecule has 0 saturated carbocycles. The van der Waals surface area contributed by atoms with Crippen LogP contribution in [0.3, 0.4) is 0 Å².